The molecule has 0 aliphatic heterocycles. The lowest BCUT2D eigenvalue weighted by Gasteiger charge is -2.19. The standard InChI is InChI=1S/C18H18Cl2N4/c1-12(15-7-8-16(19)17(20)9-15)24-18(22-2)23-11-14-5-3-13(10-21)4-6-14/h3-9,12H,11H2,1-2H3,(H2,22,23,24). The van der Waals surface area contributed by atoms with E-state index < -0.39 is 0 Å². The number of nitriles is 1. The van der Waals surface area contributed by atoms with Gasteiger partial charge in [0.15, 0.2) is 5.96 Å². The summed E-state index contributed by atoms with van der Waals surface area (Å²) in [6.45, 7) is 2.63. The van der Waals surface area contributed by atoms with Crippen molar-refractivity contribution in [1.82, 2.24) is 10.6 Å². The summed E-state index contributed by atoms with van der Waals surface area (Å²) in [6.07, 6.45) is 0. The van der Waals surface area contributed by atoms with Crippen molar-refractivity contribution in [2.24, 2.45) is 4.99 Å². The predicted octanol–water partition coefficient (Wildman–Crippen LogP) is 4.29. The normalized spacial score (nSPS) is 12.4. The summed E-state index contributed by atoms with van der Waals surface area (Å²) in [5.74, 6) is 0.679. The number of aliphatic imine (C=N–C) groups is 1. The first-order valence-corrected chi connectivity index (χ1v) is 8.20. The fourth-order valence-corrected chi connectivity index (χ4v) is 2.45. The first-order valence-electron chi connectivity index (χ1n) is 7.44. The second kappa shape index (κ2) is 8.58. The van der Waals surface area contributed by atoms with Crippen LogP contribution in [0, 0.1) is 11.3 Å². The van der Waals surface area contributed by atoms with Gasteiger partial charge in [-0.3, -0.25) is 4.99 Å². The highest BCUT2D eigenvalue weighted by molar-refractivity contribution is 6.42. The third-order valence-electron chi connectivity index (χ3n) is 3.56. The first-order chi connectivity index (χ1) is 11.5. The van der Waals surface area contributed by atoms with E-state index in [1.165, 1.54) is 0 Å². The summed E-state index contributed by atoms with van der Waals surface area (Å²) in [6, 6.07) is 15.1. The molecule has 1 atom stereocenters. The van der Waals surface area contributed by atoms with Crippen molar-refractivity contribution < 1.29 is 0 Å². The molecule has 6 heteroatoms. The molecule has 0 aromatic heterocycles. The van der Waals surface area contributed by atoms with Crippen LogP contribution in [0.4, 0.5) is 0 Å². The van der Waals surface area contributed by atoms with Crippen LogP contribution in [-0.4, -0.2) is 13.0 Å². The topological polar surface area (TPSA) is 60.2 Å². The van der Waals surface area contributed by atoms with Crippen LogP contribution in [0.2, 0.25) is 10.0 Å². The molecule has 0 radical (unpaired) electrons. The molecule has 0 amide bonds. The average Bonchev–Trinajstić information content (AvgIpc) is 2.61. The fraction of sp³-hybridized carbons (Fsp3) is 0.222. The smallest absolute Gasteiger partial charge is 0.191 e. The van der Waals surface area contributed by atoms with Crippen LogP contribution in [0.1, 0.15) is 29.7 Å². The number of nitrogens with one attached hydrogen (secondary N) is 2. The van der Waals surface area contributed by atoms with Gasteiger partial charge in [-0.15, -0.1) is 0 Å². The molecular formula is C18H18Cl2N4. The Morgan fingerprint density at radius 3 is 2.46 bits per heavy atom. The van der Waals surface area contributed by atoms with E-state index in [1.807, 2.05) is 31.2 Å². The molecule has 0 saturated carbocycles. The fourth-order valence-electron chi connectivity index (χ4n) is 2.15. The summed E-state index contributed by atoms with van der Waals surface area (Å²) in [4.78, 5) is 4.23. The third kappa shape index (κ3) is 4.89. The van der Waals surface area contributed by atoms with Crippen molar-refractivity contribution in [2.75, 3.05) is 7.05 Å². The minimum Gasteiger partial charge on any atom is -0.352 e. The van der Waals surface area contributed by atoms with E-state index in [4.69, 9.17) is 28.5 Å². The lowest BCUT2D eigenvalue weighted by Crippen LogP contribution is -2.38. The summed E-state index contributed by atoms with van der Waals surface area (Å²) in [5.41, 5.74) is 2.74. The lowest BCUT2D eigenvalue weighted by atomic mass is 10.1. The molecule has 0 aliphatic carbocycles. The Hall–Kier alpha value is -2.22. The molecule has 2 aromatic rings. The highest BCUT2D eigenvalue weighted by atomic mass is 35.5. The zero-order valence-corrected chi connectivity index (χ0v) is 15.0. The monoisotopic (exact) mass is 360 g/mol. The molecule has 0 aliphatic rings. The van der Waals surface area contributed by atoms with Gasteiger partial charge in [0.05, 0.1) is 27.7 Å². The summed E-state index contributed by atoms with van der Waals surface area (Å²) >= 11 is 12.0. The van der Waals surface area contributed by atoms with E-state index in [0.29, 0.717) is 28.1 Å². The van der Waals surface area contributed by atoms with E-state index >= 15 is 0 Å². The summed E-state index contributed by atoms with van der Waals surface area (Å²) in [7, 11) is 1.72. The quantitative estimate of drug-likeness (QED) is 0.631. The maximum Gasteiger partial charge on any atom is 0.191 e. The molecule has 0 bridgehead atoms. The minimum absolute atomic E-state index is 0.0203. The van der Waals surface area contributed by atoms with Gasteiger partial charge in [-0.05, 0) is 42.3 Å². The number of hydrogen-bond donors (Lipinski definition) is 2. The van der Waals surface area contributed by atoms with Gasteiger partial charge in [0.2, 0.25) is 0 Å². The third-order valence-corrected chi connectivity index (χ3v) is 4.30. The van der Waals surface area contributed by atoms with Crippen molar-refractivity contribution >= 4 is 29.2 Å². The van der Waals surface area contributed by atoms with E-state index in [2.05, 4.69) is 21.7 Å². The van der Waals surface area contributed by atoms with Crippen molar-refractivity contribution in [2.45, 2.75) is 19.5 Å². The van der Waals surface area contributed by atoms with E-state index in [9.17, 15) is 0 Å². The van der Waals surface area contributed by atoms with Gasteiger partial charge in [-0.2, -0.15) is 5.26 Å². The first kappa shape index (κ1) is 18.1. The minimum atomic E-state index is 0.0203. The molecule has 0 heterocycles. The maximum atomic E-state index is 8.82. The SMILES string of the molecule is CN=C(NCc1ccc(C#N)cc1)NC(C)c1ccc(Cl)c(Cl)c1. The van der Waals surface area contributed by atoms with Crippen LogP contribution in [0.5, 0.6) is 0 Å². The highest BCUT2D eigenvalue weighted by Gasteiger charge is 2.09. The highest BCUT2D eigenvalue weighted by Crippen LogP contribution is 2.25. The van der Waals surface area contributed by atoms with Crippen LogP contribution in [0.15, 0.2) is 47.5 Å². The molecule has 0 spiro atoms. The molecule has 124 valence electrons. The van der Waals surface area contributed by atoms with Crippen LogP contribution in [0.3, 0.4) is 0 Å². The van der Waals surface area contributed by atoms with Gasteiger partial charge in [0.1, 0.15) is 0 Å². The van der Waals surface area contributed by atoms with Crippen LogP contribution < -0.4 is 10.6 Å². The summed E-state index contributed by atoms with van der Waals surface area (Å²) in [5, 5.41) is 16.4. The van der Waals surface area contributed by atoms with Gasteiger partial charge >= 0.3 is 0 Å². The molecule has 0 fully saturated rings. The predicted molar refractivity (Wildman–Crippen MR) is 99.4 cm³/mol. The van der Waals surface area contributed by atoms with Gasteiger partial charge in [0, 0.05) is 13.6 Å². The van der Waals surface area contributed by atoms with Crippen LogP contribution >= 0.6 is 23.2 Å². The van der Waals surface area contributed by atoms with Crippen molar-refractivity contribution in [3.63, 3.8) is 0 Å². The average molecular weight is 361 g/mol. The molecule has 2 aromatic carbocycles. The Balaban J connectivity index is 1.96. The molecule has 2 N–H and O–H groups in total. The second-order valence-electron chi connectivity index (χ2n) is 5.27. The van der Waals surface area contributed by atoms with Gasteiger partial charge < -0.3 is 10.6 Å². The largest absolute Gasteiger partial charge is 0.352 e. The number of nitrogens with zero attached hydrogens (tertiary/aromatic N) is 2. The number of benzene rings is 2. The molecule has 1 unspecified atom stereocenters. The van der Waals surface area contributed by atoms with Crippen molar-refractivity contribution in [1.29, 1.82) is 5.26 Å². The molecule has 2 rings (SSSR count). The van der Waals surface area contributed by atoms with Crippen molar-refractivity contribution in [3.8, 4) is 6.07 Å². The number of guanidine groups is 1. The van der Waals surface area contributed by atoms with Crippen molar-refractivity contribution in [3.05, 3.63) is 69.2 Å². The van der Waals surface area contributed by atoms with Crippen LogP contribution in [-0.2, 0) is 6.54 Å². The van der Waals surface area contributed by atoms with Gasteiger partial charge in [-0.1, -0.05) is 41.4 Å². The van der Waals surface area contributed by atoms with E-state index in [1.54, 1.807) is 25.2 Å². The van der Waals surface area contributed by atoms with E-state index in [-0.39, 0.29) is 6.04 Å². The lowest BCUT2D eigenvalue weighted by molar-refractivity contribution is 0.685. The Labute approximate surface area is 152 Å². The zero-order valence-electron chi connectivity index (χ0n) is 13.5. The van der Waals surface area contributed by atoms with Gasteiger partial charge in [-0.25, -0.2) is 0 Å². The second-order valence-corrected chi connectivity index (χ2v) is 6.09. The molecular weight excluding hydrogens is 343 g/mol. The molecule has 24 heavy (non-hydrogen) atoms. The Morgan fingerprint density at radius 1 is 1.17 bits per heavy atom. The van der Waals surface area contributed by atoms with E-state index in [0.717, 1.165) is 11.1 Å². The zero-order chi connectivity index (χ0) is 17.5. The number of hydrogen-bond acceptors (Lipinski definition) is 2. The number of rotatable bonds is 4. The molecule has 4 nitrogen and oxygen atoms in total. The Morgan fingerprint density at radius 2 is 1.88 bits per heavy atom. The van der Waals surface area contributed by atoms with Crippen LogP contribution in [0.25, 0.3) is 0 Å². The Kier molecular flexibility index (Phi) is 6.48. The maximum absolute atomic E-state index is 8.82. The van der Waals surface area contributed by atoms with Gasteiger partial charge in [0.25, 0.3) is 0 Å². The number of halogens is 2. The Bertz CT molecular complexity index is 764. The molecule has 0 saturated heterocycles. The summed E-state index contributed by atoms with van der Waals surface area (Å²) < 4.78 is 0.